The molecule has 34 heavy (non-hydrogen) atoms. The second kappa shape index (κ2) is 9.27. The molecule has 174 valence electrons. The van der Waals surface area contributed by atoms with E-state index in [0.717, 1.165) is 41.2 Å². The third kappa shape index (κ3) is 4.43. The molecule has 6 heteroatoms. The van der Waals surface area contributed by atoms with E-state index in [1.54, 1.807) is 25.4 Å². The maximum absolute atomic E-state index is 13.1. The highest BCUT2D eigenvalue weighted by atomic mass is 16.5. The number of anilines is 3. The topological polar surface area (TPSA) is 68.2 Å². The van der Waals surface area contributed by atoms with E-state index >= 15 is 0 Å². The highest BCUT2D eigenvalue weighted by Crippen LogP contribution is 2.37. The van der Waals surface area contributed by atoms with Crippen molar-refractivity contribution in [3.8, 4) is 11.4 Å². The number of para-hydroxylation sites is 1. The van der Waals surface area contributed by atoms with Gasteiger partial charge < -0.3 is 15.4 Å². The fourth-order valence-corrected chi connectivity index (χ4v) is 4.03. The Labute approximate surface area is 201 Å². The molecule has 0 unspecified atom stereocenters. The van der Waals surface area contributed by atoms with Crippen molar-refractivity contribution < 1.29 is 7.59 Å². The molecule has 0 amide bonds. The van der Waals surface area contributed by atoms with Gasteiger partial charge in [0, 0.05) is 44.3 Å². The minimum absolute atomic E-state index is 0. The molecule has 0 spiro atoms. The van der Waals surface area contributed by atoms with Gasteiger partial charge in [0.1, 0.15) is 17.4 Å². The van der Waals surface area contributed by atoms with Crippen LogP contribution in [-0.4, -0.2) is 16.7 Å². The summed E-state index contributed by atoms with van der Waals surface area (Å²) in [7, 11) is 1.64. The van der Waals surface area contributed by atoms with Crippen molar-refractivity contribution >= 4 is 28.2 Å². The van der Waals surface area contributed by atoms with Crippen molar-refractivity contribution in [2.75, 3.05) is 17.7 Å². The van der Waals surface area contributed by atoms with Gasteiger partial charge in [-0.1, -0.05) is 36.9 Å². The minimum atomic E-state index is -0.0844. The maximum atomic E-state index is 13.1. The summed E-state index contributed by atoms with van der Waals surface area (Å²) in [5, 5.41) is 7.40. The molecule has 1 fully saturated rings. The van der Waals surface area contributed by atoms with E-state index in [0.29, 0.717) is 22.9 Å². The van der Waals surface area contributed by atoms with Crippen molar-refractivity contribution in [1.29, 1.82) is 0 Å². The number of nitrogens with one attached hydrogen (secondary N) is 2. The molecular weight excluding hydrogens is 424 g/mol. The lowest BCUT2D eigenvalue weighted by Crippen LogP contribution is -2.15. The van der Waals surface area contributed by atoms with Crippen molar-refractivity contribution in [2.45, 2.75) is 12.8 Å². The van der Waals surface area contributed by atoms with Crippen LogP contribution in [0, 0.1) is 5.92 Å². The summed E-state index contributed by atoms with van der Waals surface area (Å²) in [6, 6.07) is 21.2. The fourth-order valence-electron chi connectivity index (χ4n) is 4.03. The lowest BCUT2D eigenvalue weighted by atomic mass is 10.2. The fraction of sp³-hybridized carbons (Fsp3) is 0.143. The average Bonchev–Trinajstić information content (AvgIpc) is 3.70. The third-order valence-electron chi connectivity index (χ3n) is 5.84. The van der Waals surface area contributed by atoms with Gasteiger partial charge in [-0.05, 0) is 49.1 Å². The van der Waals surface area contributed by atoms with Crippen LogP contribution < -0.4 is 20.8 Å². The average molecular weight is 455 g/mol. The Morgan fingerprint density at radius 3 is 2.71 bits per heavy atom. The largest absolute Gasteiger partial charge is 0.497 e. The van der Waals surface area contributed by atoms with Crippen LogP contribution in [-0.2, 0) is 0 Å². The molecule has 1 aliphatic rings. The Balaban J connectivity index is 0.00000180. The predicted molar refractivity (Wildman–Crippen MR) is 142 cm³/mol. The second-order valence-electron chi connectivity index (χ2n) is 8.27. The van der Waals surface area contributed by atoms with E-state index in [1.807, 2.05) is 66.7 Å². The molecule has 2 aromatic heterocycles. The number of pyridine rings is 2. The number of aromatic nitrogens is 2. The summed E-state index contributed by atoms with van der Waals surface area (Å²) < 4.78 is 7.39. The first kappa shape index (κ1) is 21.5. The van der Waals surface area contributed by atoms with Gasteiger partial charge in [0.15, 0.2) is 5.43 Å². The SMILES string of the molecule is C=C/C=C(/Nc1cc(=O)c2cnc(Nc3cccc(OC)c3)cc2n1-c1ccccc1)C1CC1.[HH].[HH]. The van der Waals surface area contributed by atoms with Gasteiger partial charge in [-0.25, -0.2) is 4.98 Å². The summed E-state index contributed by atoms with van der Waals surface area (Å²) in [6.07, 6.45) is 7.67. The zero-order valence-electron chi connectivity index (χ0n) is 19.0. The Hall–Kier alpha value is -4.32. The first-order valence-corrected chi connectivity index (χ1v) is 11.3. The van der Waals surface area contributed by atoms with Gasteiger partial charge in [-0.15, -0.1) is 0 Å². The van der Waals surface area contributed by atoms with Crippen LogP contribution in [0.2, 0.25) is 0 Å². The lowest BCUT2D eigenvalue weighted by molar-refractivity contribution is 0.415. The minimum Gasteiger partial charge on any atom is -0.497 e. The lowest BCUT2D eigenvalue weighted by Gasteiger charge is -2.20. The van der Waals surface area contributed by atoms with Crippen molar-refractivity contribution in [3.05, 3.63) is 108 Å². The van der Waals surface area contributed by atoms with Crippen LogP contribution in [0.4, 0.5) is 17.3 Å². The Morgan fingerprint density at radius 1 is 1.15 bits per heavy atom. The zero-order valence-corrected chi connectivity index (χ0v) is 19.0. The quantitative estimate of drug-likeness (QED) is 0.297. The second-order valence-corrected chi connectivity index (χ2v) is 8.27. The predicted octanol–water partition coefficient (Wildman–Crippen LogP) is 6.52. The van der Waals surface area contributed by atoms with E-state index in [9.17, 15) is 4.79 Å². The Bertz CT molecular complexity index is 1450. The van der Waals surface area contributed by atoms with Gasteiger partial charge in [-0.3, -0.25) is 9.36 Å². The monoisotopic (exact) mass is 454 g/mol. The van der Waals surface area contributed by atoms with Gasteiger partial charge in [0.2, 0.25) is 0 Å². The van der Waals surface area contributed by atoms with Crippen LogP contribution >= 0.6 is 0 Å². The number of methoxy groups -OCH3 is 1. The van der Waals surface area contributed by atoms with E-state index < -0.39 is 0 Å². The Morgan fingerprint density at radius 2 is 1.97 bits per heavy atom. The van der Waals surface area contributed by atoms with E-state index in [2.05, 4.69) is 26.8 Å². The summed E-state index contributed by atoms with van der Waals surface area (Å²) in [4.78, 5) is 17.6. The number of hydrogen-bond donors (Lipinski definition) is 2. The molecule has 0 atom stereocenters. The number of hydrogen-bond acceptors (Lipinski definition) is 5. The molecular formula is C28H30N4O2. The summed E-state index contributed by atoms with van der Waals surface area (Å²) in [6.45, 7) is 3.85. The highest BCUT2D eigenvalue weighted by molar-refractivity contribution is 5.85. The summed E-state index contributed by atoms with van der Waals surface area (Å²) in [5.74, 6) is 2.56. The molecule has 6 nitrogen and oxygen atoms in total. The van der Waals surface area contributed by atoms with Gasteiger partial charge >= 0.3 is 0 Å². The maximum Gasteiger partial charge on any atom is 0.193 e. The van der Waals surface area contributed by atoms with Crippen LogP contribution in [0.25, 0.3) is 16.6 Å². The number of benzene rings is 2. The van der Waals surface area contributed by atoms with Gasteiger partial charge in [-0.2, -0.15) is 0 Å². The number of rotatable bonds is 8. The van der Waals surface area contributed by atoms with E-state index in [-0.39, 0.29) is 8.28 Å². The molecule has 0 bridgehead atoms. The standard InChI is InChI=1S/C28H26N4O2.2H2/c1-3-8-24(19-13-14-19)31-28-17-26(33)23-18-29-27(30-20-9-7-12-22(15-20)34-2)16-25(23)32(28)21-10-5-4-6-11-21;;/h3-12,15-19,31H,1,13-14H2,2H3,(H,29,30);2*1H/b24-8+;;. The third-order valence-corrected chi connectivity index (χ3v) is 5.84. The highest BCUT2D eigenvalue weighted by Gasteiger charge is 2.26. The smallest absolute Gasteiger partial charge is 0.193 e. The number of nitrogens with zero attached hydrogens (tertiary/aromatic N) is 2. The molecule has 2 N–H and O–H groups in total. The van der Waals surface area contributed by atoms with Crippen LogP contribution in [0.5, 0.6) is 5.75 Å². The summed E-state index contributed by atoms with van der Waals surface area (Å²) in [5.41, 5.74) is 3.54. The van der Waals surface area contributed by atoms with Gasteiger partial charge in [0.05, 0.1) is 18.0 Å². The first-order chi connectivity index (χ1) is 16.7. The number of ether oxygens (including phenoxy) is 1. The molecule has 0 aliphatic heterocycles. The molecule has 4 aromatic rings. The number of fused-ring (bicyclic) bond motifs is 1. The van der Waals surface area contributed by atoms with Crippen molar-refractivity contribution in [3.63, 3.8) is 0 Å². The van der Waals surface area contributed by atoms with Crippen molar-refractivity contribution in [1.82, 2.24) is 9.55 Å². The molecule has 2 heterocycles. The molecule has 5 rings (SSSR count). The van der Waals surface area contributed by atoms with E-state index in [1.165, 1.54) is 0 Å². The number of allylic oxidation sites excluding steroid dienone is 3. The van der Waals surface area contributed by atoms with Crippen LogP contribution in [0.3, 0.4) is 0 Å². The molecule has 0 saturated heterocycles. The molecule has 1 aliphatic carbocycles. The van der Waals surface area contributed by atoms with Gasteiger partial charge in [0.25, 0.3) is 0 Å². The van der Waals surface area contributed by atoms with E-state index in [4.69, 9.17) is 4.74 Å². The van der Waals surface area contributed by atoms with Crippen LogP contribution in [0.1, 0.15) is 15.7 Å². The molecule has 1 saturated carbocycles. The van der Waals surface area contributed by atoms with Crippen molar-refractivity contribution in [2.24, 2.45) is 5.92 Å². The Kier molecular flexibility index (Phi) is 5.87. The molecule has 0 radical (unpaired) electrons. The first-order valence-electron chi connectivity index (χ1n) is 11.3. The normalized spacial score (nSPS) is 13.5. The van der Waals surface area contributed by atoms with Crippen LogP contribution in [0.15, 0.2) is 102 Å². The summed E-state index contributed by atoms with van der Waals surface area (Å²) >= 11 is 0. The molecule has 2 aromatic carbocycles. The zero-order chi connectivity index (χ0) is 23.5.